The Morgan fingerprint density at radius 1 is 1.22 bits per heavy atom. The van der Waals surface area contributed by atoms with Gasteiger partial charge in [0.15, 0.2) is 0 Å². The van der Waals surface area contributed by atoms with Crippen molar-refractivity contribution < 1.29 is 0 Å². The summed E-state index contributed by atoms with van der Waals surface area (Å²) in [7, 11) is 2.22. The number of likely N-dealkylation sites (N-methyl/N-ethyl adjacent to an activating group) is 1. The van der Waals surface area contributed by atoms with Crippen LogP contribution in [0.15, 0.2) is 36.5 Å². The largest absolute Gasteiger partial charge is 0.305 e. The third-order valence-electron chi connectivity index (χ3n) is 3.53. The standard InChI is InChI=1S/C16H28N2/c1-5-15(2)8-6-9-16(3)14-18-11-7-10-17(4)12-13-18/h5,9H,1-2,6-8,10-14H2,3-4H3/b16-9-. The molecule has 1 aliphatic rings. The number of hydrogen-bond acceptors (Lipinski definition) is 2. The summed E-state index contributed by atoms with van der Waals surface area (Å²) < 4.78 is 0. The monoisotopic (exact) mass is 248 g/mol. The van der Waals surface area contributed by atoms with Gasteiger partial charge >= 0.3 is 0 Å². The number of nitrogens with zero attached hydrogens (tertiary/aromatic N) is 2. The molecule has 1 rings (SSSR count). The second kappa shape index (κ2) is 8.28. The summed E-state index contributed by atoms with van der Waals surface area (Å²) in [5.74, 6) is 0. The first-order chi connectivity index (χ1) is 8.61. The zero-order valence-electron chi connectivity index (χ0n) is 12.1. The van der Waals surface area contributed by atoms with Crippen molar-refractivity contribution in [2.45, 2.75) is 26.2 Å². The van der Waals surface area contributed by atoms with Gasteiger partial charge in [-0.15, -0.1) is 0 Å². The minimum Gasteiger partial charge on any atom is -0.305 e. The molecule has 2 nitrogen and oxygen atoms in total. The van der Waals surface area contributed by atoms with Gasteiger partial charge in [-0.3, -0.25) is 4.90 Å². The zero-order valence-corrected chi connectivity index (χ0v) is 12.1. The van der Waals surface area contributed by atoms with E-state index in [0.717, 1.165) is 25.0 Å². The first kappa shape index (κ1) is 15.2. The Hall–Kier alpha value is -0.860. The van der Waals surface area contributed by atoms with E-state index in [-0.39, 0.29) is 0 Å². The fraction of sp³-hybridized carbons (Fsp3) is 0.625. The van der Waals surface area contributed by atoms with Gasteiger partial charge in [-0.2, -0.15) is 0 Å². The maximum atomic E-state index is 3.94. The minimum absolute atomic E-state index is 1.03. The molecule has 0 atom stereocenters. The molecule has 2 heteroatoms. The van der Waals surface area contributed by atoms with Crippen LogP contribution in [-0.4, -0.2) is 49.6 Å². The molecule has 0 unspecified atom stereocenters. The molecule has 0 aromatic rings. The Labute approximate surface area is 113 Å². The first-order valence-corrected chi connectivity index (χ1v) is 6.98. The highest BCUT2D eigenvalue weighted by Crippen LogP contribution is 2.08. The molecule has 0 aromatic heterocycles. The van der Waals surface area contributed by atoms with E-state index in [1.165, 1.54) is 38.2 Å². The van der Waals surface area contributed by atoms with Crippen LogP contribution in [0.1, 0.15) is 26.2 Å². The highest BCUT2D eigenvalue weighted by Gasteiger charge is 2.11. The van der Waals surface area contributed by atoms with Crippen molar-refractivity contribution in [1.29, 1.82) is 0 Å². The summed E-state index contributed by atoms with van der Waals surface area (Å²) in [4.78, 5) is 4.99. The predicted molar refractivity (Wildman–Crippen MR) is 80.9 cm³/mol. The van der Waals surface area contributed by atoms with Gasteiger partial charge in [-0.25, -0.2) is 0 Å². The lowest BCUT2D eigenvalue weighted by molar-refractivity contribution is 0.295. The van der Waals surface area contributed by atoms with Crippen LogP contribution in [0.4, 0.5) is 0 Å². The Morgan fingerprint density at radius 3 is 2.72 bits per heavy atom. The van der Waals surface area contributed by atoms with Crippen LogP contribution in [0.2, 0.25) is 0 Å². The van der Waals surface area contributed by atoms with Crippen molar-refractivity contribution in [2.75, 3.05) is 39.8 Å². The molecule has 1 aliphatic heterocycles. The van der Waals surface area contributed by atoms with Crippen LogP contribution in [-0.2, 0) is 0 Å². The Kier molecular flexibility index (Phi) is 6.99. The van der Waals surface area contributed by atoms with Crippen molar-refractivity contribution in [3.8, 4) is 0 Å². The number of allylic oxidation sites excluding steroid dienone is 3. The molecule has 0 saturated carbocycles. The topological polar surface area (TPSA) is 6.48 Å². The zero-order chi connectivity index (χ0) is 13.4. The quantitative estimate of drug-likeness (QED) is 0.526. The summed E-state index contributed by atoms with van der Waals surface area (Å²) in [5, 5.41) is 0. The smallest absolute Gasteiger partial charge is 0.0190 e. The second-order valence-corrected chi connectivity index (χ2v) is 5.38. The molecular formula is C16H28N2. The van der Waals surface area contributed by atoms with E-state index in [4.69, 9.17) is 0 Å². The van der Waals surface area contributed by atoms with Gasteiger partial charge in [0.25, 0.3) is 0 Å². The molecule has 0 radical (unpaired) electrons. The highest BCUT2D eigenvalue weighted by atomic mass is 15.2. The molecule has 1 heterocycles. The van der Waals surface area contributed by atoms with Crippen molar-refractivity contribution >= 4 is 0 Å². The van der Waals surface area contributed by atoms with E-state index in [9.17, 15) is 0 Å². The second-order valence-electron chi connectivity index (χ2n) is 5.38. The van der Waals surface area contributed by atoms with Crippen molar-refractivity contribution in [1.82, 2.24) is 9.80 Å². The molecular weight excluding hydrogens is 220 g/mol. The SMILES string of the molecule is C=CC(=C)CC/C=C(/C)CN1CCCN(C)CC1. The van der Waals surface area contributed by atoms with Gasteiger partial charge in [0.1, 0.15) is 0 Å². The maximum absolute atomic E-state index is 3.94. The van der Waals surface area contributed by atoms with Crippen LogP contribution >= 0.6 is 0 Å². The highest BCUT2D eigenvalue weighted by molar-refractivity contribution is 5.12. The van der Waals surface area contributed by atoms with Gasteiger partial charge in [-0.05, 0) is 46.3 Å². The molecule has 102 valence electrons. The predicted octanol–water partition coefficient (Wildman–Crippen LogP) is 3.09. The van der Waals surface area contributed by atoms with E-state index in [1.807, 2.05) is 6.08 Å². The van der Waals surface area contributed by atoms with E-state index in [0.29, 0.717) is 0 Å². The Balaban J connectivity index is 2.29. The van der Waals surface area contributed by atoms with Gasteiger partial charge in [0.2, 0.25) is 0 Å². The molecule has 18 heavy (non-hydrogen) atoms. The van der Waals surface area contributed by atoms with Gasteiger partial charge < -0.3 is 4.90 Å². The van der Waals surface area contributed by atoms with Crippen molar-refractivity contribution in [2.24, 2.45) is 0 Å². The Morgan fingerprint density at radius 2 is 2.00 bits per heavy atom. The summed E-state index contributed by atoms with van der Waals surface area (Å²) in [6, 6.07) is 0. The van der Waals surface area contributed by atoms with Gasteiger partial charge in [0, 0.05) is 19.6 Å². The summed E-state index contributed by atoms with van der Waals surface area (Å²) in [6.07, 6.45) is 7.61. The molecule has 0 N–H and O–H groups in total. The van der Waals surface area contributed by atoms with E-state index in [1.54, 1.807) is 0 Å². The lowest BCUT2D eigenvalue weighted by Gasteiger charge is -2.20. The lowest BCUT2D eigenvalue weighted by Crippen LogP contribution is -2.30. The summed E-state index contributed by atoms with van der Waals surface area (Å²) in [6.45, 7) is 15.9. The normalized spacial score (nSPS) is 19.6. The van der Waals surface area contributed by atoms with Crippen LogP contribution < -0.4 is 0 Å². The minimum atomic E-state index is 1.03. The molecule has 1 saturated heterocycles. The molecule has 0 aliphatic carbocycles. The molecule has 0 aromatic carbocycles. The third-order valence-corrected chi connectivity index (χ3v) is 3.53. The average molecular weight is 248 g/mol. The van der Waals surface area contributed by atoms with Gasteiger partial charge in [0.05, 0.1) is 0 Å². The van der Waals surface area contributed by atoms with Crippen molar-refractivity contribution in [3.05, 3.63) is 36.5 Å². The lowest BCUT2D eigenvalue weighted by atomic mass is 10.1. The van der Waals surface area contributed by atoms with Crippen molar-refractivity contribution in [3.63, 3.8) is 0 Å². The number of rotatable bonds is 6. The van der Waals surface area contributed by atoms with E-state index in [2.05, 4.69) is 43.0 Å². The average Bonchev–Trinajstić information content (AvgIpc) is 2.54. The van der Waals surface area contributed by atoms with Gasteiger partial charge in [-0.1, -0.05) is 36.5 Å². The molecule has 0 bridgehead atoms. The first-order valence-electron chi connectivity index (χ1n) is 6.98. The van der Waals surface area contributed by atoms with Crippen LogP contribution in [0.3, 0.4) is 0 Å². The van der Waals surface area contributed by atoms with E-state index >= 15 is 0 Å². The van der Waals surface area contributed by atoms with Crippen LogP contribution in [0.5, 0.6) is 0 Å². The molecule has 0 spiro atoms. The van der Waals surface area contributed by atoms with Crippen LogP contribution in [0, 0.1) is 0 Å². The van der Waals surface area contributed by atoms with E-state index < -0.39 is 0 Å². The number of hydrogen-bond donors (Lipinski definition) is 0. The molecule has 0 amide bonds. The fourth-order valence-electron chi connectivity index (χ4n) is 2.28. The fourth-order valence-corrected chi connectivity index (χ4v) is 2.28. The summed E-state index contributed by atoms with van der Waals surface area (Å²) >= 11 is 0. The Bertz CT molecular complexity index is 304. The summed E-state index contributed by atoms with van der Waals surface area (Å²) in [5.41, 5.74) is 2.62. The molecule has 1 fully saturated rings. The van der Waals surface area contributed by atoms with Crippen LogP contribution in [0.25, 0.3) is 0 Å². The maximum Gasteiger partial charge on any atom is 0.0190 e. The third kappa shape index (κ3) is 6.18.